The van der Waals surface area contributed by atoms with Gasteiger partial charge in [-0.15, -0.1) is 0 Å². The molecule has 3 heterocycles. The highest BCUT2D eigenvalue weighted by Gasteiger charge is 2.36. The zero-order valence-electron chi connectivity index (χ0n) is 20.5. The number of pyridine rings is 1. The Morgan fingerprint density at radius 1 is 0.676 bits per heavy atom. The monoisotopic (exact) mass is 516 g/mol. The fourth-order valence-corrected chi connectivity index (χ4v) is 7.71. The fourth-order valence-electron chi connectivity index (χ4n) is 5.23. The summed E-state index contributed by atoms with van der Waals surface area (Å²) in [6.45, 7) is 4.65. The summed E-state index contributed by atoms with van der Waals surface area (Å²) in [5.74, 6) is 1.76. The van der Waals surface area contributed by atoms with Crippen LogP contribution >= 0.6 is 23.5 Å². The molecule has 0 aliphatic carbocycles. The molecular formula is C32H24N2OS2. The quantitative estimate of drug-likeness (QED) is 0.233. The van der Waals surface area contributed by atoms with Crippen molar-refractivity contribution in [3.8, 4) is 11.5 Å². The van der Waals surface area contributed by atoms with E-state index in [0.717, 1.165) is 38.4 Å². The normalized spacial score (nSPS) is 14.4. The van der Waals surface area contributed by atoms with Gasteiger partial charge in [-0.3, -0.25) is 4.98 Å². The van der Waals surface area contributed by atoms with Gasteiger partial charge < -0.3 is 9.64 Å². The Morgan fingerprint density at radius 3 is 2.27 bits per heavy atom. The lowest BCUT2D eigenvalue weighted by molar-refractivity contribution is 0.455. The van der Waals surface area contributed by atoms with Crippen molar-refractivity contribution in [2.75, 3.05) is 4.90 Å². The maximum absolute atomic E-state index is 6.58. The minimum Gasteiger partial charge on any atom is -0.453 e. The number of para-hydroxylation sites is 2. The summed E-state index contributed by atoms with van der Waals surface area (Å²) < 4.78 is 6.58. The summed E-state index contributed by atoms with van der Waals surface area (Å²) in [6.07, 6.45) is 3.74. The van der Waals surface area contributed by atoms with Crippen molar-refractivity contribution in [3.63, 3.8) is 0 Å². The largest absolute Gasteiger partial charge is 0.453 e. The van der Waals surface area contributed by atoms with Crippen LogP contribution < -0.4 is 9.64 Å². The molecule has 0 atom stereocenters. The highest BCUT2D eigenvalue weighted by atomic mass is 32.2. The molecule has 0 saturated heterocycles. The molecule has 0 unspecified atom stereocenters. The van der Waals surface area contributed by atoms with Crippen LogP contribution in [0.4, 0.5) is 17.1 Å². The van der Waals surface area contributed by atoms with Crippen LogP contribution in [0.15, 0.2) is 129 Å². The van der Waals surface area contributed by atoms with Crippen molar-refractivity contribution >= 4 is 40.6 Å². The van der Waals surface area contributed by atoms with Crippen LogP contribution in [-0.2, 0) is 5.41 Å². The summed E-state index contributed by atoms with van der Waals surface area (Å²) in [7, 11) is 0. The van der Waals surface area contributed by atoms with E-state index < -0.39 is 0 Å². The van der Waals surface area contributed by atoms with Gasteiger partial charge in [0.2, 0.25) is 0 Å². The smallest absolute Gasteiger partial charge is 0.165 e. The number of ether oxygens (including phenoxy) is 1. The molecule has 4 aromatic carbocycles. The van der Waals surface area contributed by atoms with E-state index in [1.165, 1.54) is 20.9 Å². The molecule has 3 nitrogen and oxygen atoms in total. The second-order valence-corrected chi connectivity index (χ2v) is 11.8. The topological polar surface area (TPSA) is 25.4 Å². The third kappa shape index (κ3) is 3.64. The molecule has 0 saturated carbocycles. The maximum atomic E-state index is 6.58. The predicted molar refractivity (Wildman–Crippen MR) is 152 cm³/mol. The van der Waals surface area contributed by atoms with Crippen molar-refractivity contribution in [2.24, 2.45) is 0 Å². The maximum Gasteiger partial charge on any atom is 0.165 e. The number of hydrogen-bond acceptors (Lipinski definition) is 5. The Balaban J connectivity index is 1.45. The van der Waals surface area contributed by atoms with Crippen LogP contribution in [0.3, 0.4) is 0 Å². The van der Waals surface area contributed by atoms with Gasteiger partial charge in [0.25, 0.3) is 0 Å². The Kier molecular flexibility index (Phi) is 5.31. The molecule has 0 N–H and O–H groups in total. The number of benzene rings is 4. The third-order valence-electron chi connectivity index (χ3n) is 7.07. The van der Waals surface area contributed by atoms with E-state index in [9.17, 15) is 0 Å². The number of aromatic nitrogens is 1. The standard InChI is InChI=1S/C32H24N2OS2/c1-32(2)22-11-3-5-16-27(22)37-31-23(32)12-7-14-25(31)34(21-10-9-19-33-20-21)24-13-8-18-29-30(24)35-26-15-4-6-17-28(26)36-29/h3-20H,1-2H3. The van der Waals surface area contributed by atoms with Crippen LogP contribution in [0.25, 0.3) is 0 Å². The molecule has 1 aromatic heterocycles. The van der Waals surface area contributed by atoms with Gasteiger partial charge in [0.1, 0.15) is 5.75 Å². The third-order valence-corrected chi connectivity index (χ3v) is 9.37. The van der Waals surface area contributed by atoms with E-state index >= 15 is 0 Å². The first-order valence-electron chi connectivity index (χ1n) is 12.3. The van der Waals surface area contributed by atoms with Gasteiger partial charge in [-0.25, -0.2) is 0 Å². The molecule has 37 heavy (non-hydrogen) atoms. The lowest BCUT2D eigenvalue weighted by atomic mass is 9.77. The molecule has 7 rings (SSSR count). The first-order valence-corrected chi connectivity index (χ1v) is 13.9. The average molecular weight is 517 g/mol. The zero-order chi connectivity index (χ0) is 25.0. The number of fused-ring (bicyclic) bond motifs is 4. The highest BCUT2D eigenvalue weighted by Crippen LogP contribution is 2.57. The van der Waals surface area contributed by atoms with Crippen LogP contribution in [0.5, 0.6) is 11.5 Å². The summed E-state index contributed by atoms with van der Waals surface area (Å²) in [5.41, 5.74) is 5.69. The summed E-state index contributed by atoms with van der Waals surface area (Å²) in [4.78, 5) is 11.6. The van der Waals surface area contributed by atoms with Gasteiger partial charge in [-0.2, -0.15) is 0 Å². The lowest BCUT2D eigenvalue weighted by Gasteiger charge is -2.38. The molecule has 5 aromatic rings. The fraction of sp³-hybridized carbons (Fsp3) is 0.0938. The highest BCUT2D eigenvalue weighted by molar-refractivity contribution is 8.00. The van der Waals surface area contributed by atoms with Crippen molar-refractivity contribution in [3.05, 3.63) is 121 Å². The number of anilines is 3. The Bertz CT molecular complexity index is 1650. The van der Waals surface area contributed by atoms with Gasteiger partial charge in [0, 0.05) is 21.4 Å². The second kappa shape index (κ2) is 8.72. The first kappa shape index (κ1) is 22.5. The number of nitrogens with zero attached hydrogens (tertiary/aromatic N) is 2. The minimum atomic E-state index is -0.116. The van der Waals surface area contributed by atoms with Crippen LogP contribution in [-0.4, -0.2) is 4.98 Å². The van der Waals surface area contributed by atoms with Gasteiger partial charge in [-0.1, -0.05) is 85.9 Å². The Hall–Kier alpha value is -3.67. The molecule has 0 fully saturated rings. The summed E-state index contributed by atoms with van der Waals surface area (Å²) in [6, 6.07) is 34.1. The number of hydrogen-bond donors (Lipinski definition) is 0. The average Bonchev–Trinajstić information content (AvgIpc) is 2.93. The molecule has 2 aliphatic heterocycles. The summed E-state index contributed by atoms with van der Waals surface area (Å²) >= 11 is 3.60. The van der Waals surface area contributed by atoms with Crippen molar-refractivity contribution in [1.29, 1.82) is 0 Å². The van der Waals surface area contributed by atoms with E-state index in [2.05, 4.69) is 103 Å². The van der Waals surface area contributed by atoms with E-state index in [-0.39, 0.29) is 5.41 Å². The van der Waals surface area contributed by atoms with Crippen molar-refractivity contribution in [1.82, 2.24) is 4.98 Å². The van der Waals surface area contributed by atoms with E-state index in [1.54, 1.807) is 11.8 Å². The van der Waals surface area contributed by atoms with Crippen molar-refractivity contribution in [2.45, 2.75) is 38.8 Å². The Morgan fingerprint density at radius 2 is 1.41 bits per heavy atom. The van der Waals surface area contributed by atoms with E-state index in [4.69, 9.17) is 4.74 Å². The number of rotatable bonds is 3. The van der Waals surface area contributed by atoms with Crippen molar-refractivity contribution < 1.29 is 4.74 Å². The van der Waals surface area contributed by atoms with Gasteiger partial charge in [-0.05, 0) is 59.7 Å². The van der Waals surface area contributed by atoms with Gasteiger partial charge in [0.05, 0.1) is 33.0 Å². The molecule has 2 aliphatic rings. The van der Waals surface area contributed by atoms with Crippen LogP contribution in [0.1, 0.15) is 25.0 Å². The summed E-state index contributed by atoms with van der Waals surface area (Å²) in [5, 5.41) is 0. The SMILES string of the molecule is CC1(C)c2ccccc2Sc2c(N(c3cccnc3)c3cccc4c3Oc3ccccc3S4)cccc21. The molecular weight excluding hydrogens is 492 g/mol. The van der Waals surface area contributed by atoms with Crippen LogP contribution in [0, 0.1) is 0 Å². The van der Waals surface area contributed by atoms with E-state index in [1.807, 2.05) is 42.4 Å². The molecule has 0 bridgehead atoms. The lowest BCUT2D eigenvalue weighted by Crippen LogP contribution is -2.25. The second-order valence-electron chi connectivity index (χ2n) is 9.68. The molecule has 5 heteroatoms. The van der Waals surface area contributed by atoms with E-state index in [0.29, 0.717) is 0 Å². The first-order chi connectivity index (χ1) is 18.1. The van der Waals surface area contributed by atoms with Gasteiger partial charge >= 0.3 is 0 Å². The van der Waals surface area contributed by atoms with Crippen LogP contribution in [0.2, 0.25) is 0 Å². The minimum absolute atomic E-state index is 0.116. The Labute approximate surface area is 225 Å². The predicted octanol–water partition coefficient (Wildman–Crippen LogP) is 9.60. The molecule has 180 valence electrons. The molecule has 0 amide bonds. The molecule has 0 spiro atoms. The zero-order valence-corrected chi connectivity index (χ0v) is 22.1. The van der Waals surface area contributed by atoms with Gasteiger partial charge in [0.15, 0.2) is 5.75 Å². The molecule has 0 radical (unpaired) electrons.